The summed E-state index contributed by atoms with van der Waals surface area (Å²) < 4.78 is 0. The molecule has 17 N–H and O–H groups in total. The summed E-state index contributed by atoms with van der Waals surface area (Å²) in [6, 6.07) is -3.14. The lowest BCUT2D eigenvalue weighted by Gasteiger charge is -2.27. The van der Waals surface area contributed by atoms with Crippen molar-refractivity contribution in [2.45, 2.75) is 114 Å². The van der Waals surface area contributed by atoms with Crippen LogP contribution in [0.2, 0.25) is 0 Å². The summed E-state index contributed by atoms with van der Waals surface area (Å²) in [5.41, 5.74) is 18.4. The second-order valence-electron chi connectivity index (χ2n) is 14.6. The van der Waals surface area contributed by atoms with Crippen LogP contribution in [0.3, 0.4) is 0 Å². The topological polar surface area (TPSA) is 392 Å². The number of nitrogens with two attached hydrogens (primary N) is 3. The van der Waals surface area contributed by atoms with Gasteiger partial charge in [0.15, 0.2) is 0 Å². The largest absolute Gasteiger partial charge is 0.480 e. The zero-order valence-corrected chi connectivity index (χ0v) is 34.0. The molecule has 0 fully saturated rings. The predicted octanol–water partition coefficient (Wildman–Crippen LogP) is -4.22. The summed E-state index contributed by atoms with van der Waals surface area (Å²) in [6.45, 7) is 3.97. The first kappa shape index (κ1) is 48.9. The Bertz CT molecular complexity index is 1990. The molecule has 0 saturated carbocycles. The number of aliphatic hydroxyl groups is 2. The number of hydrogen-bond acceptors (Lipinski definition) is 13. The van der Waals surface area contributed by atoms with Gasteiger partial charge in [-0.1, -0.05) is 18.2 Å². The lowest BCUT2D eigenvalue weighted by molar-refractivity contribution is -0.142. The Morgan fingerprint density at radius 2 is 1.34 bits per heavy atom. The summed E-state index contributed by atoms with van der Waals surface area (Å²) in [6.07, 6.45) is 1.26. The number of fused-ring (bicyclic) bond motifs is 1. The van der Waals surface area contributed by atoms with Gasteiger partial charge in [-0.05, 0) is 58.2 Å². The number of carboxylic acids is 1. The van der Waals surface area contributed by atoms with Gasteiger partial charge in [-0.25, -0.2) is 9.78 Å². The number of amides is 7. The molecule has 0 spiro atoms. The summed E-state index contributed by atoms with van der Waals surface area (Å²) >= 11 is 0. The van der Waals surface area contributed by atoms with Crippen LogP contribution in [0.1, 0.15) is 57.7 Å². The molecule has 9 atom stereocenters. The molecule has 2 heterocycles. The third-order valence-electron chi connectivity index (χ3n) is 9.58. The number of rotatable bonds is 25. The van der Waals surface area contributed by atoms with E-state index in [1.165, 1.54) is 33.3 Å². The van der Waals surface area contributed by atoms with Gasteiger partial charge >= 0.3 is 5.97 Å². The van der Waals surface area contributed by atoms with Crippen LogP contribution >= 0.6 is 0 Å². The molecule has 0 saturated heterocycles. The van der Waals surface area contributed by atoms with E-state index >= 15 is 0 Å². The number of nitrogens with zero attached hydrogens (tertiary/aromatic N) is 1. The van der Waals surface area contributed by atoms with Crippen LogP contribution in [0.25, 0.3) is 10.9 Å². The summed E-state index contributed by atoms with van der Waals surface area (Å²) in [4.78, 5) is 114. The van der Waals surface area contributed by atoms with Gasteiger partial charge in [0, 0.05) is 41.8 Å². The van der Waals surface area contributed by atoms with E-state index in [1.54, 1.807) is 18.3 Å². The molecule has 23 heteroatoms. The van der Waals surface area contributed by atoms with E-state index in [1.807, 2.05) is 12.1 Å². The Labute approximate surface area is 350 Å². The van der Waals surface area contributed by atoms with Crippen molar-refractivity contribution in [1.29, 1.82) is 0 Å². The summed E-state index contributed by atoms with van der Waals surface area (Å²) in [5, 5.41) is 45.1. The minimum atomic E-state index is -1.71. The molecule has 23 nitrogen and oxygen atoms in total. The van der Waals surface area contributed by atoms with Crippen molar-refractivity contribution in [3.63, 3.8) is 0 Å². The number of para-hydroxylation sites is 1. The van der Waals surface area contributed by atoms with Crippen molar-refractivity contribution >= 4 is 58.2 Å². The lowest BCUT2D eigenvalue weighted by atomic mass is 10.0. The molecule has 2 aromatic heterocycles. The molecule has 0 bridgehead atoms. The molecular weight excluding hydrogens is 800 g/mol. The number of imidazole rings is 1. The van der Waals surface area contributed by atoms with Crippen molar-refractivity contribution < 1.29 is 53.7 Å². The van der Waals surface area contributed by atoms with Crippen LogP contribution in [0.5, 0.6) is 0 Å². The first-order valence-corrected chi connectivity index (χ1v) is 19.5. The molecule has 3 rings (SSSR count). The molecule has 3 aromatic rings. The standard InChI is InChI=1S/C38H56N12O11/c1-18(32(54)46-25(10-6-7-11-39)33(55)49-28(38(60)61)12-21-15-43-24-9-5-4-8-23(21)24)45-34(56)27(14-29(40)53)47-35(57)26(13-22-16-42-17-44-22)48-37(59)31(20(3)52)50-36(58)30(41)19(2)51/h4-5,8-9,15-20,25-28,30-31,43,51-52H,6-7,10-14,39,41H2,1-3H3,(H2,40,53)(H,42,44)(H,45,56)(H,46,54)(H,47,57)(H,48,59)(H,49,55)(H,50,58)(H,60,61)/t18-,19+,20+,25-,26-,27-,28-,30-,31-/m0/s1. The lowest BCUT2D eigenvalue weighted by Crippen LogP contribution is -2.62. The monoisotopic (exact) mass is 856 g/mol. The van der Waals surface area contributed by atoms with Crippen LogP contribution in [0.15, 0.2) is 43.0 Å². The molecule has 0 aliphatic heterocycles. The normalized spacial score (nSPS) is 15.7. The van der Waals surface area contributed by atoms with E-state index in [-0.39, 0.29) is 25.8 Å². The van der Waals surface area contributed by atoms with Gasteiger partial charge in [0.05, 0.1) is 25.0 Å². The highest BCUT2D eigenvalue weighted by molar-refractivity contribution is 5.98. The molecule has 334 valence electrons. The summed E-state index contributed by atoms with van der Waals surface area (Å²) in [7, 11) is 0. The van der Waals surface area contributed by atoms with Crippen LogP contribution in [0, 0.1) is 0 Å². The molecule has 0 aliphatic carbocycles. The first-order valence-electron chi connectivity index (χ1n) is 19.5. The Hall–Kier alpha value is -6.43. The molecule has 7 amide bonds. The number of carboxylic acid groups (broad SMARTS) is 1. The van der Waals surface area contributed by atoms with E-state index in [9.17, 15) is 53.7 Å². The number of aromatic amines is 2. The Balaban J connectivity index is 1.75. The fourth-order valence-corrected chi connectivity index (χ4v) is 6.07. The van der Waals surface area contributed by atoms with Gasteiger partial charge in [0.25, 0.3) is 0 Å². The highest BCUT2D eigenvalue weighted by atomic mass is 16.4. The SMILES string of the molecule is C[C@H](NC(=O)[C@H](CC(N)=O)NC(=O)[C@H](Cc1cnc[nH]1)NC(=O)[C@@H](NC(=O)[C@@H](N)[C@@H](C)O)[C@@H](C)O)C(=O)N[C@@H](CCCCN)C(=O)N[C@@H](Cc1c[nH]c2ccccc12)C(=O)O. The third-order valence-corrected chi connectivity index (χ3v) is 9.58. The van der Waals surface area contributed by atoms with Gasteiger partial charge < -0.3 is 74.4 Å². The highest BCUT2D eigenvalue weighted by Gasteiger charge is 2.35. The van der Waals surface area contributed by atoms with Crippen molar-refractivity contribution in [3.8, 4) is 0 Å². The zero-order valence-electron chi connectivity index (χ0n) is 34.0. The molecule has 1 aromatic carbocycles. The third kappa shape index (κ3) is 15.0. The fourth-order valence-electron chi connectivity index (χ4n) is 6.07. The summed E-state index contributed by atoms with van der Waals surface area (Å²) in [5.74, 6) is -8.15. The van der Waals surface area contributed by atoms with Crippen molar-refractivity contribution in [1.82, 2.24) is 46.9 Å². The van der Waals surface area contributed by atoms with Gasteiger partial charge in [0.1, 0.15) is 42.3 Å². The number of unbranched alkanes of at least 4 members (excludes halogenated alkanes) is 1. The minimum Gasteiger partial charge on any atom is -0.480 e. The predicted molar refractivity (Wildman–Crippen MR) is 217 cm³/mol. The van der Waals surface area contributed by atoms with Crippen LogP contribution < -0.4 is 49.1 Å². The van der Waals surface area contributed by atoms with Gasteiger partial charge in [0.2, 0.25) is 41.4 Å². The number of carbonyl (C=O) groups is 8. The van der Waals surface area contributed by atoms with E-state index in [4.69, 9.17) is 17.2 Å². The van der Waals surface area contributed by atoms with Gasteiger partial charge in [-0.15, -0.1) is 0 Å². The number of hydrogen-bond donors (Lipinski definition) is 14. The van der Waals surface area contributed by atoms with E-state index < -0.39 is 108 Å². The van der Waals surface area contributed by atoms with Crippen LogP contribution in [-0.4, -0.2) is 139 Å². The van der Waals surface area contributed by atoms with Gasteiger partial charge in [-0.2, -0.15) is 0 Å². The van der Waals surface area contributed by atoms with Crippen molar-refractivity contribution in [2.24, 2.45) is 17.2 Å². The number of aromatic nitrogens is 3. The number of aliphatic hydroxyl groups excluding tert-OH is 2. The minimum absolute atomic E-state index is 0.0611. The molecule has 61 heavy (non-hydrogen) atoms. The molecule has 0 unspecified atom stereocenters. The van der Waals surface area contributed by atoms with Crippen LogP contribution in [0.4, 0.5) is 0 Å². The highest BCUT2D eigenvalue weighted by Crippen LogP contribution is 2.19. The Morgan fingerprint density at radius 1 is 0.721 bits per heavy atom. The number of H-pyrrole nitrogens is 2. The maximum Gasteiger partial charge on any atom is 0.326 e. The maximum absolute atomic E-state index is 13.7. The molecule has 0 aliphatic rings. The second kappa shape index (κ2) is 23.4. The number of nitrogens with one attached hydrogen (secondary N) is 8. The van der Waals surface area contributed by atoms with E-state index in [0.717, 1.165) is 10.9 Å². The first-order chi connectivity index (χ1) is 28.8. The van der Waals surface area contributed by atoms with Crippen LogP contribution in [-0.2, 0) is 51.2 Å². The number of carbonyl (C=O) groups excluding carboxylic acids is 7. The fraction of sp³-hybridized carbons (Fsp3) is 0.500. The Kier molecular flexibility index (Phi) is 18.8. The van der Waals surface area contributed by atoms with E-state index in [0.29, 0.717) is 24.1 Å². The zero-order chi connectivity index (χ0) is 45.4. The number of primary amides is 1. The quantitative estimate of drug-likeness (QED) is 0.0360. The molecular formula is C38H56N12O11. The average molecular weight is 857 g/mol. The van der Waals surface area contributed by atoms with Gasteiger partial charge in [-0.3, -0.25) is 33.6 Å². The smallest absolute Gasteiger partial charge is 0.326 e. The Morgan fingerprint density at radius 3 is 1.95 bits per heavy atom. The number of benzene rings is 1. The number of aliphatic carboxylic acids is 1. The van der Waals surface area contributed by atoms with Crippen molar-refractivity contribution in [2.75, 3.05) is 6.54 Å². The van der Waals surface area contributed by atoms with Crippen molar-refractivity contribution in [3.05, 3.63) is 54.2 Å². The maximum atomic E-state index is 13.7. The van der Waals surface area contributed by atoms with E-state index in [2.05, 4.69) is 46.9 Å². The second-order valence-corrected chi connectivity index (χ2v) is 14.6. The molecule has 0 radical (unpaired) electrons. The average Bonchev–Trinajstić information content (AvgIpc) is 3.87.